The van der Waals surface area contributed by atoms with Crippen LogP contribution in [0.1, 0.15) is 5.56 Å². The zero-order valence-corrected chi connectivity index (χ0v) is 16.8. The van der Waals surface area contributed by atoms with Crippen LogP contribution in [-0.4, -0.2) is 6.66 Å². The molecule has 1 heteroatoms. The third-order valence-corrected chi connectivity index (χ3v) is 12.4. The van der Waals surface area contributed by atoms with E-state index in [2.05, 4.69) is 129 Å². The van der Waals surface area contributed by atoms with Gasteiger partial charge in [0.15, 0.2) is 0 Å². The second kappa shape index (κ2) is 6.80. The molecule has 0 bridgehead atoms. The van der Waals surface area contributed by atoms with E-state index in [-0.39, 0.29) is 0 Å². The Balaban J connectivity index is 2.26. The molecule has 0 unspecified atom stereocenters. The monoisotopic (exact) mass is 368 g/mol. The van der Waals surface area contributed by atoms with Gasteiger partial charge in [0.05, 0.1) is 0 Å². The summed E-state index contributed by atoms with van der Waals surface area (Å²) in [5.41, 5.74) is 1.34. The molecule has 4 aromatic carbocycles. The molecule has 0 aliphatic rings. The summed E-state index contributed by atoms with van der Waals surface area (Å²) in [4.78, 5) is 0. The Kier molecular flexibility index (Phi) is 4.46. The molecule has 0 spiro atoms. The topological polar surface area (TPSA) is 0 Å². The van der Waals surface area contributed by atoms with E-state index in [9.17, 15) is 0 Å². The van der Waals surface area contributed by atoms with Gasteiger partial charge in [0.2, 0.25) is 0 Å². The number of benzene rings is 4. The average molecular weight is 368 g/mol. The van der Waals surface area contributed by atoms with Crippen LogP contribution in [0.15, 0.2) is 115 Å². The van der Waals surface area contributed by atoms with E-state index in [1.54, 1.807) is 0 Å². The SMILES string of the molecule is Cc1ccccc1P(C)(c1ccccc1)(c1ccccc1)c1ccccc1. The number of rotatable bonds is 4. The van der Waals surface area contributed by atoms with Crippen LogP contribution in [0.25, 0.3) is 0 Å². The summed E-state index contributed by atoms with van der Waals surface area (Å²) in [5, 5.41) is 5.63. The molecule has 4 aromatic rings. The van der Waals surface area contributed by atoms with Crippen molar-refractivity contribution < 1.29 is 0 Å². The molecule has 0 heterocycles. The Morgan fingerprint density at radius 3 is 1.15 bits per heavy atom. The van der Waals surface area contributed by atoms with Gasteiger partial charge < -0.3 is 0 Å². The van der Waals surface area contributed by atoms with Crippen LogP contribution in [0.2, 0.25) is 0 Å². The van der Waals surface area contributed by atoms with Gasteiger partial charge in [0.25, 0.3) is 0 Å². The third kappa shape index (κ3) is 2.56. The molecule has 0 aliphatic carbocycles. The summed E-state index contributed by atoms with van der Waals surface area (Å²) >= 11 is 0. The first-order chi connectivity index (χ1) is 13.2. The molecule has 0 aliphatic heterocycles. The standard InChI is InChI=1S/C26H25P/c1-22-14-12-13-21-26(22)27(2,23-15-6-3-7-16-23,24-17-8-4-9-18-24)25-19-10-5-11-20-25/h3-21H,1-2H3. The summed E-state index contributed by atoms with van der Waals surface area (Å²) in [6.45, 7) is 1.89. The predicted octanol–water partition coefficient (Wildman–Crippen LogP) is 4.78. The molecule has 0 amide bonds. The Morgan fingerprint density at radius 2 is 0.778 bits per heavy atom. The molecule has 0 aromatic heterocycles. The Hall–Kier alpha value is -2.69. The normalized spacial score (nSPS) is 12.9. The van der Waals surface area contributed by atoms with Gasteiger partial charge in [-0.05, 0) is 0 Å². The van der Waals surface area contributed by atoms with E-state index in [4.69, 9.17) is 0 Å². The van der Waals surface area contributed by atoms with E-state index >= 15 is 0 Å². The van der Waals surface area contributed by atoms with Gasteiger partial charge in [-0.1, -0.05) is 0 Å². The van der Waals surface area contributed by atoms with Gasteiger partial charge in [-0.3, -0.25) is 0 Å². The van der Waals surface area contributed by atoms with E-state index in [0.717, 1.165) is 0 Å². The van der Waals surface area contributed by atoms with Crippen molar-refractivity contribution in [2.75, 3.05) is 6.66 Å². The van der Waals surface area contributed by atoms with Crippen molar-refractivity contribution in [3.8, 4) is 0 Å². The molecular formula is C26H25P. The van der Waals surface area contributed by atoms with Gasteiger partial charge in [-0.2, -0.15) is 0 Å². The van der Waals surface area contributed by atoms with Crippen LogP contribution in [0.5, 0.6) is 0 Å². The first kappa shape index (κ1) is 17.7. The van der Waals surface area contributed by atoms with Crippen LogP contribution >= 0.6 is 6.60 Å². The Labute approximate surface area is 162 Å². The fourth-order valence-corrected chi connectivity index (χ4v) is 10.4. The Morgan fingerprint density at radius 1 is 0.444 bits per heavy atom. The second-order valence-electron chi connectivity index (χ2n) is 7.36. The summed E-state index contributed by atoms with van der Waals surface area (Å²) < 4.78 is 0. The summed E-state index contributed by atoms with van der Waals surface area (Å²) in [6.07, 6.45) is 0. The molecule has 4 rings (SSSR count). The number of hydrogen-bond donors (Lipinski definition) is 0. The average Bonchev–Trinajstić information content (AvgIpc) is 2.75. The maximum atomic E-state index is 2.51. The molecule has 0 saturated heterocycles. The van der Waals surface area contributed by atoms with Gasteiger partial charge in [-0.15, -0.1) is 0 Å². The molecule has 134 valence electrons. The van der Waals surface area contributed by atoms with Crippen LogP contribution in [0.4, 0.5) is 0 Å². The van der Waals surface area contributed by atoms with Crippen molar-refractivity contribution in [3.63, 3.8) is 0 Å². The molecule has 27 heavy (non-hydrogen) atoms. The maximum absolute atomic E-state index is 2.86. The molecule has 0 atom stereocenters. The molecule has 0 radical (unpaired) electrons. The minimum atomic E-state index is -2.86. The van der Waals surface area contributed by atoms with Crippen molar-refractivity contribution in [1.29, 1.82) is 0 Å². The number of hydrogen-bond acceptors (Lipinski definition) is 0. The molecule has 0 nitrogen and oxygen atoms in total. The van der Waals surface area contributed by atoms with Crippen LogP contribution in [-0.2, 0) is 0 Å². The fraction of sp³-hybridized carbons (Fsp3) is 0.0769. The van der Waals surface area contributed by atoms with Gasteiger partial charge in [-0.25, -0.2) is 0 Å². The van der Waals surface area contributed by atoms with Crippen LogP contribution in [0.3, 0.4) is 0 Å². The molecule has 0 N–H and O–H groups in total. The molecule has 0 fully saturated rings. The zero-order chi connectivity index (χ0) is 18.8. The second-order valence-corrected chi connectivity index (χ2v) is 12.5. The zero-order valence-electron chi connectivity index (χ0n) is 15.9. The first-order valence-electron chi connectivity index (χ1n) is 9.40. The minimum absolute atomic E-state index is 1.34. The van der Waals surface area contributed by atoms with E-state index in [1.807, 2.05) is 0 Å². The molecular weight excluding hydrogens is 343 g/mol. The van der Waals surface area contributed by atoms with Crippen molar-refractivity contribution in [3.05, 3.63) is 121 Å². The van der Waals surface area contributed by atoms with Crippen LogP contribution < -0.4 is 21.2 Å². The van der Waals surface area contributed by atoms with Gasteiger partial charge in [0.1, 0.15) is 0 Å². The van der Waals surface area contributed by atoms with Crippen molar-refractivity contribution >= 4 is 27.8 Å². The quantitative estimate of drug-likeness (QED) is 0.455. The molecule has 0 saturated carbocycles. The summed E-state index contributed by atoms with van der Waals surface area (Å²) in [6, 6.07) is 42.1. The van der Waals surface area contributed by atoms with Gasteiger partial charge in [0, 0.05) is 0 Å². The first-order valence-corrected chi connectivity index (χ1v) is 12.1. The van der Waals surface area contributed by atoms with Crippen molar-refractivity contribution in [2.45, 2.75) is 6.92 Å². The number of aryl methyl sites for hydroxylation is 1. The Bertz CT molecular complexity index is 938. The van der Waals surface area contributed by atoms with E-state index in [1.165, 1.54) is 26.8 Å². The van der Waals surface area contributed by atoms with E-state index < -0.39 is 6.60 Å². The fourth-order valence-electron chi connectivity index (χ4n) is 4.46. The van der Waals surface area contributed by atoms with Crippen LogP contribution in [0, 0.1) is 6.92 Å². The predicted molar refractivity (Wildman–Crippen MR) is 122 cm³/mol. The van der Waals surface area contributed by atoms with Gasteiger partial charge >= 0.3 is 162 Å². The van der Waals surface area contributed by atoms with Crippen molar-refractivity contribution in [1.82, 2.24) is 0 Å². The summed E-state index contributed by atoms with van der Waals surface area (Å²) in [7, 11) is 0. The van der Waals surface area contributed by atoms with E-state index in [0.29, 0.717) is 0 Å². The third-order valence-electron chi connectivity index (χ3n) is 5.92. The van der Waals surface area contributed by atoms with Crippen molar-refractivity contribution in [2.24, 2.45) is 0 Å². The summed E-state index contributed by atoms with van der Waals surface area (Å²) in [5.74, 6) is 0.